The molecule has 26 heavy (non-hydrogen) atoms. The number of hydrogen-bond acceptors (Lipinski definition) is 3. The van der Waals surface area contributed by atoms with Crippen LogP contribution in [0.3, 0.4) is 0 Å². The van der Waals surface area contributed by atoms with Crippen molar-refractivity contribution in [1.82, 2.24) is 4.90 Å². The predicted octanol–water partition coefficient (Wildman–Crippen LogP) is 3.37. The monoisotopic (exact) mass is 351 g/mol. The lowest BCUT2D eigenvalue weighted by Crippen LogP contribution is -2.44. The van der Waals surface area contributed by atoms with Crippen LogP contribution < -0.4 is 0 Å². The average molecular weight is 351 g/mol. The number of ketones is 1. The van der Waals surface area contributed by atoms with Crippen molar-refractivity contribution in [3.05, 3.63) is 71.7 Å². The Hall–Kier alpha value is -2.79. The molecule has 4 nitrogen and oxygen atoms in total. The zero-order valence-electron chi connectivity index (χ0n) is 14.3. The Labute approximate surface area is 150 Å². The molecule has 2 unspecified atom stereocenters. The first-order chi connectivity index (χ1) is 12.4. The van der Waals surface area contributed by atoms with Gasteiger partial charge >= 0.3 is 0 Å². The van der Waals surface area contributed by atoms with Gasteiger partial charge in [0.2, 0.25) is 0 Å². The lowest BCUT2D eigenvalue weighted by atomic mass is 9.79. The van der Waals surface area contributed by atoms with E-state index in [4.69, 9.17) is 0 Å². The van der Waals surface area contributed by atoms with Crippen molar-refractivity contribution in [1.29, 1.82) is 0 Å². The summed E-state index contributed by atoms with van der Waals surface area (Å²) >= 11 is 0. The van der Waals surface area contributed by atoms with Crippen LogP contribution >= 0.6 is 0 Å². The molecular formula is C21H18FNO3. The highest BCUT2D eigenvalue weighted by atomic mass is 19.1. The number of rotatable bonds is 3. The maximum atomic E-state index is 13.7. The third-order valence-corrected chi connectivity index (χ3v) is 5.33. The second kappa shape index (κ2) is 5.88. The van der Waals surface area contributed by atoms with Crippen molar-refractivity contribution < 1.29 is 19.1 Å². The number of nitrogens with zero attached hydrogens (tertiary/aromatic N) is 1. The van der Waals surface area contributed by atoms with E-state index in [2.05, 4.69) is 0 Å². The number of carbonyl (C=O) groups is 2. The fourth-order valence-electron chi connectivity index (χ4n) is 3.88. The number of benzene rings is 2. The summed E-state index contributed by atoms with van der Waals surface area (Å²) in [7, 11) is 1.54. The standard InChI is InChI=1S/C21H18FNO3/c1-23-18-9-8-16(22)11-17(18)21(26,20(23)25)12-19(24)15-7-6-13-4-2-3-5-14(13)10-15/h2-10,17,26H,11-12H2,1H3. The number of allylic oxidation sites excluding steroid dienone is 3. The van der Waals surface area contributed by atoms with Crippen molar-refractivity contribution in [3.63, 3.8) is 0 Å². The third kappa shape index (κ3) is 2.47. The number of Topliss-reactive ketones (excluding diaryl/α,β-unsaturated/α-hetero) is 1. The van der Waals surface area contributed by atoms with Crippen molar-refractivity contribution >= 4 is 22.5 Å². The van der Waals surface area contributed by atoms with E-state index >= 15 is 0 Å². The van der Waals surface area contributed by atoms with Crippen molar-refractivity contribution in [2.75, 3.05) is 7.05 Å². The molecule has 2 aromatic rings. The predicted molar refractivity (Wildman–Crippen MR) is 96.0 cm³/mol. The van der Waals surface area contributed by atoms with E-state index in [-0.39, 0.29) is 18.6 Å². The number of carbonyl (C=O) groups excluding carboxylic acids is 2. The average Bonchev–Trinajstić information content (AvgIpc) is 2.82. The molecule has 2 atom stereocenters. The highest BCUT2D eigenvalue weighted by molar-refractivity contribution is 6.04. The van der Waals surface area contributed by atoms with E-state index < -0.39 is 23.3 Å². The molecule has 0 aromatic heterocycles. The van der Waals surface area contributed by atoms with Crippen LogP contribution in [0.2, 0.25) is 0 Å². The summed E-state index contributed by atoms with van der Waals surface area (Å²) in [5.41, 5.74) is -0.948. The van der Waals surface area contributed by atoms with Crippen LogP contribution in [0.1, 0.15) is 23.2 Å². The van der Waals surface area contributed by atoms with Crippen LogP contribution in [-0.2, 0) is 4.79 Å². The molecule has 1 amide bonds. The maximum Gasteiger partial charge on any atom is 0.259 e. The molecule has 5 heteroatoms. The summed E-state index contributed by atoms with van der Waals surface area (Å²) in [5.74, 6) is -2.05. The number of halogens is 1. The van der Waals surface area contributed by atoms with Crippen molar-refractivity contribution in [3.8, 4) is 0 Å². The van der Waals surface area contributed by atoms with Gasteiger partial charge < -0.3 is 10.0 Å². The van der Waals surface area contributed by atoms with Crippen LogP contribution in [0.15, 0.2) is 66.1 Å². The van der Waals surface area contributed by atoms with E-state index in [1.807, 2.05) is 30.3 Å². The van der Waals surface area contributed by atoms with E-state index in [1.165, 1.54) is 24.1 Å². The minimum atomic E-state index is -1.92. The first-order valence-corrected chi connectivity index (χ1v) is 8.49. The number of hydrogen-bond donors (Lipinski definition) is 1. The summed E-state index contributed by atoms with van der Waals surface area (Å²) in [6, 6.07) is 12.9. The van der Waals surface area contributed by atoms with Crippen molar-refractivity contribution in [2.45, 2.75) is 18.4 Å². The Morgan fingerprint density at radius 1 is 1.23 bits per heavy atom. The topological polar surface area (TPSA) is 57.6 Å². The van der Waals surface area contributed by atoms with Crippen molar-refractivity contribution in [2.24, 2.45) is 5.92 Å². The molecule has 2 aliphatic rings. The first-order valence-electron chi connectivity index (χ1n) is 8.49. The van der Waals surface area contributed by atoms with E-state index in [0.717, 1.165) is 10.8 Å². The second-order valence-corrected chi connectivity index (χ2v) is 6.91. The number of likely N-dealkylation sites (tertiary alicyclic amines) is 1. The molecule has 0 spiro atoms. The molecule has 1 saturated heterocycles. The van der Waals surface area contributed by atoms with Gasteiger partial charge in [-0.05, 0) is 29.0 Å². The quantitative estimate of drug-likeness (QED) is 0.863. The fourth-order valence-corrected chi connectivity index (χ4v) is 3.88. The van der Waals surface area contributed by atoms with Crippen LogP contribution in [0.25, 0.3) is 10.8 Å². The molecule has 1 aliphatic carbocycles. The number of likely N-dealkylation sites (N-methyl/N-ethyl adjacent to an activating group) is 1. The number of amides is 1. The highest BCUT2D eigenvalue weighted by Crippen LogP contribution is 2.45. The highest BCUT2D eigenvalue weighted by Gasteiger charge is 2.56. The van der Waals surface area contributed by atoms with Crippen LogP contribution in [0.5, 0.6) is 0 Å². The van der Waals surface area contributed by atoms with Gasteiger partial charge in [-0.15, -0.1) is 0 Å². The lowest BCUT2D eigenvalue weighted by Gasteiger charge is -2.27. The Balaban J connectivity index is 1.66. The van der Waals surface area contributed by atoms with E-state index in [0.29, 0.717) is 11.3 Å². The van der Waals surface area contributed by atoms with Crippen LogP contribution in [0.4, 0.5) is 4.39 Å². The van der Waals surface area contributed by atoms with Crippen LogP contribution in [0, 0.1) is 5.92 Å². The molecule has 4 rings (SSSR count). The maximum absolute atomic E-state index is 13.7. The summed E-state index contributed by atoms with van der Waals surface area (Å²) in [5, 5.41) is 13.0. The minimum absolute atomic E-state index is 0.0799. The van der Waals surface area contributed by atoms with Gasteiger partial charge in [0.1, 0.15) is 5.83 Å². The third-order valence-electron chi connectivity index (χ3n) is 5.33. The van der Waals surface area contributed by atoms with Gasteiger partial charge in [0, 0.05) is 37.1 Å². The molecule has 1 heterocycles. The molecule has 2 aromatic carbocycles. The molecule has 0 saturated carbocycles. The van der Waals surface area contributed by atoms with Gasteiger partial charge in [-0.25, -0.2) is 4.39 Å². The molecular weight excluding hydrogens is 333 g/mol. The largest absolute Gasteiger partial charge is 0.379 e. The lowest BCUT2D eigenvalue weighted by molar-refractivity contribution is -0.144. The molecule has 132 valence electrons. The van der Waals surface area contributed by atoms with Gasteiger partial charge in [0.05, 0.1) is 0 Å². The van der Waals surface area contributed by atoms with Gasteiger partial charge in [-0.1, -0.05) is 36.4 Å². The Bertz CT molecular complexity index is 994. The fraction of sp³-hybridized carbons (Fsp3) is 0.238. The van der Waals surface area contributed by atoms with Gasteiger partial charge in [-0.3, -0.25) is 9.59 Å². The Morgan fingerprint density at radius 3 is 2.73 bits per heavy atom. The van der Waals surface area contributed by atoms with Gasteiger partial charge in [0.25, 0.3) is 5.91 Å². The Kier molecular flexibility index (Phi) is 3.77. The summed E-state index contributed by atoms with van der Waals surface area (Å²) in [6.07, 6.45) is 2.35. The summed E-state index contributed by atoms with van der Waals surface area (Å²) < 4.78 is 13.7. The molecule has 1 N–H and O–H groups in total. The van der Waals surface area contributed by atoms with Gasteiger partial charge in [0.15, 0.2) is 11.4 Å². The smallest absolute Gasteiger partial charge is 0.259 e. The van der Waals surface area contributed by atoms with E-state index in [1.54, 1.807) is 12.1 Å². The van der Waals surface area contributed by atoms with Crippen LogP contribution in [-0.4, -0.2) is 34.3 Å². The summed E-state index contributed by atoms with van der Waals surface area (Å²) in [6.45, 7) is 0. The van der Waals surface area contributed by atoms with Gasteiger partial charge in [-0.2, -0.15) is 0 Å². The molecule has 1 fully saturated rings. The second-order valence-electron chi connectivity index (χ2n) is 6.91. The zero-order chi connectivity index (χ0) is 18.5. The molecule has 0 radical (unpaired) electrons. The van der Waals surface area contributed by atoms with E-state index in [9.17, 15) is 19.1 Å². The zero-order valence-corrected chi connectivity index (χ0v) is 14.3. The first kappa shape index (κ1) is 16.7. The SMILES string of the molecule is CN1C(=O)C(O)(CC(=O)c2ccc3ccccc3c2)C2CC(F)=CC=C21. The number of aliphatic hydroxyl groups is 1. The normalized spacial score (nSPS) is 25.1. The molecule has 0 bridgehead atoms. The molecule has 1 aliphatic heterocycles. The number of fused-ring (bicyclic) bond motifs is 2. The summed E-state index contributed by atoms with van der Waals surface area (Å²) in [4.78, 5) is 26.7. The Morgan fingerprint density at radius 2 is 1.96 bits per heavy atom. The minimum Gasteiger partial charge on any atom is -0.379 e.